The maximum atomic E-state index is 12.8. The molecule has 28 heavy (non-hydrogen) atoms. The minimum absolute atomic E-state index is 0.108. The molecule has 0 saturated carbocycles. The smallest absolute Gasteiger partial charge is 0.337 e. The van der Waals surface area contributed by atoms with Gasteiger partial charge >= 0.3 is 5.97 Å². The fourth-order valence-electron chi connectivity index (χ4n) is 3.61. The van der Waals surface area contributed by atoms with Crippen molar-refractivity contribution < 1.29 is 14.3 Å². The lowest BCUT2D eigenvalue weighted by Gasteiger charge is -2.13. The van der Waals surface area contributed by atoms with Crippen molar-refractivity contribution in [2.24, 2.45) is 0 Å². The number of benzene rings is 2. The van der Waals surface area contributed by atoms with Crippen LogP contribution in [0.3, 0.4) is 0 Å². The molecule has 4 nitrogen and oxygen atoms in total. The van der Waals surface area contributed by atoms with Crippen molar-refractivity contribution >= 4 is 34.3 Å². The van der Waals surface area contributed by atoms with E-state index >= 15 is 0 Å². The number of nitrogens with zero attached hydrogens (tertiary/aromatic N) is 1. The Morgan fingerprint density at radius 3 is 2.50 bits per heavy atom. The van der Waals surface area contributed by atoms with Crippen molar-refractivity contribution in [1.29, 1.82) is 0 Å². The van der Waals surface area contributed by atoms with Crippen LogP contribution in [0.15, 0.2) is 42.5 Å². The lowest BCUT2D eigenvalue weighted by molar-refractivity contribution is 0.0600. The number of fused-ring (bicyclic) bond motifs is 1. The zero-order chi connectivity index (χ0) is 20.3. The second-order valence-corrected chi connectivity index (χ2v) is 7.16. The summed E-state index contributed by atoms with van der Waals surface area (Å²) in [5.74, 6) is -0.287. The first-order valence-electron chi connectivity index (χ1n) is 9.51. The second-order valence-electron chi connectivity index (χ2n) is 6.75. The van der Waals surface area contributed by atoms with Gasteiger partial charge in [-0.3, -0.25) is 4.79 Å². The topological polar surface area (TPSA) is 48.3 Å². The summed E-state index contributed by atoms with van der Waals surface area (Å²) in [5.41, 5.74) is 4.03. The quantitative estimate of drug-likeness (QED) is 0.381. The molecule has 0 amide bonds. The van der Waals surface area contributed by atoms with Crippen molar-refractivity contribution in [3.05, 3.63) is 69.9 Å². The molecule has 1 heterocycles. The lowest BCUT2D eigenvalue weighted by Crippen LogP contribution is -2.09. The third kappa shape index (κ3) is 3.69. The Hall–Kier alpha value is -2.59. The Kier molecular flexibility index (Phi) is 6.20. The van der Waals surface area contributed by atoms with E-state index in [1.54, 1.807) is 6.07 Å². The molecule has 1 aromatic heterocycles. The monoisotopic (exact) mass is 397 g/mol. The molecule has 0 unspecified atom stereocenters. The molecule has 0 fully saturated rings. The predicted molar refractivity (Wildman–Crippen MR) is 112 cm³/mol. The SMILES string of the molecule is CCCc1c(C(=O)CC)c2ccc(C(=O)OC)cc2n1Cc1ccccc1Cl. The summed E-state index contributed by atoms with van der Waals surface area (Å²) < 4.78 is 7.00. The summed E-state index contributed by atoms with van der Waals surface area (Å²) in [6.07, 6.45) is 2.11. The summed E-state index contributed by atoms with van der Waals surface area (Å²) in [5, 5.41) is 1.55. The Morgan fingerprint density at radius 1 is 1.11 bits per heavy atom. The molecule has 0 N–H and O–H groups in total. The predicted octanol–water partition coefficient (Wildman–Crippen LogP) is 5.67. The van der Waals surface area contributed by atoms with Crippen LogP contribution in [-0.4, -0.2) is 23.4 Å². The summed E-state index contributed by atoms with van der Waals surface area (Å²) in [7, 11) is 1.36. The highest BCUT2D eigenvalue weighted by Gasteiger charge is 2.22. The highest BCUT2D eigenvalue weighted by Crippen LogP contribution is 2.31. The van der Waals surface area contributed by atoms with Gasteiger partial charge in [0.15, 0.2) is 5.78 Å². The number of hydrogen-bond donors (Lipinski definition) is 0. The largest absolute Gasteiger partial charge is 0.465 e. The summed E-state index contributed by atoms with van der Waals surface area (Å²) >= 11 is 6.40. The third-order valence-electron chi connectivity index (χ3n) is 4.97. The number of Topliss-reactive ketones (excluding diaryl/α,β-unsaturated/α-hetero) is 1. The van der Waals surface area contributed by atoms with Crippen LogP contribution in [0.1, 0.15) is 58.7 Å². The number of halogens is 1. The molecule has 0 aliphatic heterocycles. The van der Waals surface area contributed by atoms with Crippen molar-refractivity contribution in [3.8, 4) is 0 Å². The van der Waals surface area contributed by atoms with E-state index in [9.17, 15) is 9.59 Å². The van der Waals surface area contributed by atoms with Gasteiger partial charge in [0, 0.05) is 34.6 Å². The summed E-state index contributed by atoms with van der Waals surface area (Å²) in [6.45, 7) is 4.50. The number of aromatic nitrogens is 1. The Balaban J connectivity index is 2.30. The highest BCUT2D eigenvalue weighted by atomic mass is 35.5. The van der Waals surface area contributed by atoms with E-state index in [0.717, 1.165) is 40.6 Å². The summed E-state index contributed by atoms with van der Waals surface area (Å²) in [6, 6.07) is 13.1. The number of ketones is 1. The minimum atomic E-state index is -0.396. The first-order valence-corrected chi connectivity index (χ1v) is 9.89. The zero-order valence-corrected chi connectivity index (χ0v) is 17.2. The van der Waals surface area contributed by atoms with Crippen molar-refractivity contribution in [1.82, 2.24) is 4.57 Å². The molecule has 0 aliphatic rings. The van der Waals surface area contributed by atoms with Crippen molar-refractivity contribution in [3.63, 3.8) is 0 Å². The maximum Gasteiger partial charge on any atom is 0.337 e. The molecule has 0 spiro atoms. The van der Waals surface area contributed by atoms with E-state index < -0.39 is 5.97 Å². The van der Waals surface area contributed by atoms with E-state index in [-0.39, 0.29) is 5.78 Å². The molecular weight excluding hydrogens is 374 g/mol. The van der Waals surface area contributed by atoms with Gasteiger partial charge in [-0.15, -0.1) is 0 Å². The van der Waals surface area contributed by atoms with E-state index in [2.05, 4.69) is 11.5 Å². The molecule has 3 aromatic rings. The molecule has 0 bridgehead atoms. The summed E-state index contributed by atoms with van der Waals surface area (Å²) in [4.78, 5) is 24.9. The van der Waals surface area contributed by atoms with Gasteiger partial charge in [-0.25, -0.2) is 4.79 Å². The van der Waals surface area contributed by atoms with E-state index in [1.807, 2.05) is 43.3 Å². The van der Waals surface area contributed by atoms with Crippen molar-refractivity contribution in [2.45, 2.75) is 39.7 Å². The van der Waals surface area contributed by atoms with Crippen LogP contribution in [0.4, 0.5) is 0 Å². The minimum Gasteiger partial charge on any atom is -0.465 e. The number of carbonyl (C=O) groups is 2. The first-order chi connectivity index (χ1) is 13.5. The van der Waals surface area contributed by atoms with Crippen LogP contribution >= 0.6 is 11.6 Å². The van der Waals surface area contributed by atoms with Gasteiger partial charge in [-0.2, -0.15) is 0 Å². The fraction of sp³-hybridized carbons (Fsp3) is 0.304. The van der Waals surface area contributed by atoms with Crippen LogP contribution in [0.25, 0.3) is 10.9 Å². The lowest BCUT2D eigenvalue weighted by atomic mass is 10.0. The van der Waals surface area contributed by atoms with Crippen LogP contribution in [0.2, 0.25) is 5.02 Å². The molecule has 0 radical (unpaired) electrons. The Bertz CT molecular complexity index is 1040. The maximum absolute atomic E-state index is 12.8. The normalized spacial score (nSPS) is 11.0. The van der Waals surface area contributed by atoms with Gasteiger partial charge < -0.3 is 9.30 Å². The number of methoxy groups -OCH3 is 1. The Morgan fingerprint density at radius 2 is 1.86 bits per heavy atom. The Labute approximate surface area is 170 Å². The number of carbonyl (C=O) groups excluding carboxylic acids is 2. The molecular formula is C23H24ClNO3. The van der Waals surface area contributed by atoms with Gasteiger partial charge in [0.1, 0.15) is 0 Å². The zero-order valence-electron chi connectivity index (χ0n) is 16.4. The van der Waals surface area contributed by atoms with Crippen LogP contribution in [0.5, 0.6) is 0 Å². The molecule has 146 valence electrons. The molecule has 2 aromatic carbocycles. The number of hydrogen-bond acceptors (Lipinski definition) is 3. The second kappa shape index (κ2) is 8.61. The van der Waals surface area contributed by atoms with Gasteiger partial charge in [-0.05, 0) is 30.2 Å². The average molecular weight is 398 g/mol. The average Bonchev–Trinajstić information content (AvgIpc) is 3.01. The molecule has 5 heteroatoms. The van der Waals surface area contributed by atoms with Crippen LogP contribution in [-0.2, 0) is 17.7 Å². The van der Waals surface area contributed by atoms with E-state index in [4.69, 9.17) is 16.3 Å². The van der Waals surface area contributed by atoms with Gasteiger partial charge in [-0.1, -0.05) is 56.1 Å². The standard InChI is InChI=1S/C23H24ClNO3/c1-4-8-19-22(21(26)5-2)17-12-11-15(23(27)28-3)13-20(17)25(19)14-16-9-6-7-10-18(16)24/h6-7,9-13H,4-5,8,14H2,1-3H3. The van der Waals surface area contributed by atoms with Gasteiger partial charge in [0.25, 0.3) is 0 Å². The van der Waals surface area contributed by atoms with Gasteiger partial charge in [0.2, 0.25) is 0 Å². The number of rotatable bonds is 7. The highest BCUT2D eigenvalue weighted by molar-refractivity contribution is 6.31. The number of ether oxygens (including phenoxy) is 1. The fourth-order valence-corrected chi connectivity index (χ4v) is 3.80. The van der Waals surface area contributed by atoms with E-state index in [1.165, 1.54) is 7.11 Å². The van der Waals surface area contributed by atoms with Crippen LogP contribution in [0, 0.1) is 0 Å². The number of esters is 1. The van der Waals surface area contributed by atoms with Gasteiger partial charge in [0.05, 0.1) is 18.2 Å². The molecule has 0 saturated heterocycles. The molecule has 3 rings (SSSR count). The molecule has 0 atom stereocenters. The van der Waals surface area contributed by atoms with Crippen molar-refractivity contribution in [2.75, 3.05) is 7.11 Å². The molecule has 0 aliphatic carbocycles. The van der Waals surface area contributed by atoms with Crippen LogP contribution < -0.4 is 0 Å². The van der Waals surface area contributed by atoms with E-state index in [0.29, 0.717) is 23.6 Å². The third-order valence-corrected chi connectivity index (χ3v) is 5.34. The first kappa shape index (κ1) is 20.2.